The van der Waals surface area contributed by atoms with E-state index >= 15 is 0 Å². The van der Waals surface area contributed by atoms with Gasteiger partial charge in [-0.2, -0.15) is 0 Å². The van der Waals surface area contributed by atoms with Crippen molar-refractivity contribution >= 4 is 52.3 Å². The monoisotopic (exact) mass is 403 g/mol. The maximum Gasteiger partial charge on any atom is 0.271 e. The quantitative estimate of drug-likeness (QED) is 0.480. The molecule has 1 aromatic carbocycles. The van der Waals surface area contributed by atoms with Gasteiger partial charge in [-0.3, -0.25) is 15.6 Å². The number of hydrogen-bond acceptors (Lipinski definition) is 7. The fourth-order valence-electron chi connectivity index (χ4n) is 2.18. The zero-order valence-corrected chi connectivity index (χ0v) is 15.6. The molecule has 0 radical (unpaired) electrons. The number of hydrazine groups is 1. The maximum absolute atomic E-state index is 12.3. The summed E-state index contributed by atoms with van der Waals surface area (Å²) in [4.78, 5) is 24.6. The molecule has 0 bridgehead atoms. The average molecular weight is 404 g/mol. The normalized spacial score (nSPS) is 10.3. The molecule has 0 aliphatic rings. The van der Waals surface area contributed by atoms with Crippen LogP contribution >= 0.6 is 23.2 Å². The number of nitrogen functional groups attached to an aromatic ring is 1. The van der Waals surface area contributed by atoms with Crippen LogP contribution in [0.2, 0.25) is 10.0 Å². The van der Waals surface area contributed by atoms with Crippen molar-refractivity contribution in [3.63, 3.8) is 0 Å². The lowest BCUT2D eigenvalue weighted by Gasteiger charge is -2.13. The van der Waals surface area contributed by atoms with Crippen molar-refractivity contribution in [3.8, 4) is 0 Å². The Kier molecular flexibility index (Phi) is 5.58. The molecule has 27 heavy (non-hydrogen) atoms. The van der Waals surface area contributed by atoms with Gasteiger partial charge < -0.3 is 11.1 Å². The van der Waals surface area contributed by atoms with Gasteiger partial charge in [0.15, 0.2) is 11.6 Å². The van der Waals surface area contributed by atoms with Crippen molar-refractivity contribution in [1.82, 2.24) is 20.4 Å². The van der Waals surface area contributed by atoms with E-state index in [0.29, 0.717) is 16.7 Å². The number of nitrogens with one attached hydrogen (secondary N) is 3. The first-order valence-electron chi connectivity index (χ1n) is 7.75. The first-order chi connectivity index (χ1) is 12.9. The van der Waals surface area contributed by atoms with E-state index in [1.165, 1.54) is 18.5 Å². The molecule has 0 saturated carbocycles. The zero-order valence-electron chi connectivity index (χ0n) is 14.1. The van der Waals surface area contributed by atoms with Crippen LogP contribution in [0.3, 0.4) is 0 Å². The predicted octanol–water partition coefficient (Wildman–Crippen LogP) is 3.57. The fourth-order valence-corrected chi connectivity index (χ4v) is 2.67. The average Bonchev–Trinajstić information content (AvgIpc) is 2.62. The highest BCUT2D eigenvalue weighted by Crippen LogP contribution is 2.25. The summed E-state index contributed by atoms with van der Waals surface area (Å²) < 4.78 is 0. The van der Waals surface area contributed by atoms with Crippen molar-refractivity contribution < 1.29 is 4.79 Å². The van der Waals surface area contributed by atoms with Gasteiger partial charge in [-0.05, 0) is 42.8 Å². The van der Waals surface area contributed by atoms with Crippen LogP contribution in [0.5, 0.6) is 0 Å². The molecule has 0 aliphatic carbocycles. The Bertz CT molecular complexity index is 997. The van der Waals surface area contributed by atoms with Gasteiger partial charge in [0.05, 0.1) is 10.6 Å². The van der Waals surface area contributed by atoms with Crippen LogP contribution in [-0.4, -0.2) is 20.9 Å². The van der Waals surface area contributed by atoms with E-state index in [-0.39, 0.29) is 22.1 Å². The zero-order chi connectivity index (χ0) is 19.4. The molecule has 2 heterocycles. The molecule has 0 fully saturated rings. The molecule has 0 atom stereocenters. The van der Waals surface area contributed by atoms with Gasteiger partial charge in [-0.15, -0.1) is 0 Å². The van der Waals surface area contributed by atoms with Crippen LogP contribution in [0.15, 0.2) is 42.9 Å². The fraction of sp³-hybridized carbons (Fsp3) is 0.0588. The minimum atomic E-state index is -0.468. The number of carbonyl (C=O) groups is 1. The van der Waals surface area contributed by atoms with Gasteiger partial charge in [-0.1, -0.05) is 23.2 Å². The topological polar surface area (TPSA) is 118 Å². The lowest BCUT2D eigenvalue weighted by molar-refractivity contribution is 0.0962. The molecule has 2 aromatic heterocycles. The summed E-state index contributed by atoms with van der Waals surface area (Å²) in [5.41, 5.74) is 12.7. The number of nitrogens with zero attached hydrogens (tertiary/aromatic N) is 3. The number of rotatable bonds is 5. The van der Waals surface area contributed by atoms with Crippen molar-refractivity contribution in [3.05, 3.63) is 64.0 Å². The molecule has 3 aromatic rings. The van der Waals surface area contributed by atoms with Crippen LogP contribution in [0.1, 0.15) is 15.9 Å². The first kappa shape index (κ1) is 18.7. The Morgan fingerprint density at radius 3 is 2.59 bits per heavy atom. The molecule has 0 saturated heterocycles. The standard InChI is InChI=1S/C17H15Cl2N7O/c1-9-4-5-21-13(6-9)24-15-14(20)16(23-8-22-15)25-26-17(27)11-3-2-10(18)7-12(11)19/h2-8H,20H2,1H3,(H,26,27)(H2,21,22,23,24,25). The molecule has 5 N–H and O–H groups in total. The van der Waals surface area contributed by atoms with E-state index in [1.807, 2.05) is 19.1 Å². The Morgan fingerprint density at radius 1 is 1.07 bits per heavy atom. The minimum absolute atomic E-state index is 0.211. The predicted molar refractivity (Wildman–Crippen MR) is 106 cm³/mol. The number of benzene rings is 1. The lowest BCUT2D eigenvalue weighted by atomic mass is 10.2. The summed E-state index contributed by atoms with van der Waals surface area (Å²) in [7, 11) is 0. The summed E-state index contributed by atoms with van der Waals surface area (Å²) in [6, 6.07) is 8.28. The SMILES string of the molecule is Cc1ccnc(Nc2ncnc(NNC(=O)c3ccc(Cl)cc3Cl)c2N)c1. The van der Waals surface area contributed by atoms with E-state index in [4.69, 9.17) is 28.9 Å². The number of nitrogens with two attached hydrogens (primary N) is 1. The number of amides is 1. The van der Waals surface area contributed by atoms with Crippen LogP contribution < -0.4 is 21.9 Å². The van der Waals surface area contributed by atoms with E-state index in [0.717, 1.165) is 5.56 Å². The molecular weight excluding hydrogens is 389 g/mol. The second-order valence-electron chi connectivity index (χ2n) is 5.53. The number of hydrogen-bond donors (Lipinski definition) is 4. The molecule has 1 amide bonds. The van der Waals surface area contributed by atoms with Crippen molar-refractivity contribution in [2.75, 3.05) is 16.5 Å². The third-order valence-electron chi connectivity index (χ3n) is 3.52. The molecule has 8 nitrogen and oxygen atoms in total. The Labute approximate surface area is 165 Å². The number of aromatic nitrogens is 3. The summed E-state index contributed by atoms with van der Waals surface area (Å²) in [5, 5.41) is 3.67. The highest BCUT2D eigenvalue weighted by molar-refractivity contribution is 6.36. The number of anilines is 4. The lowest BCUT2D eigenvalue weighted by Crippen LogP contribution is -2.30. The Balaban J connectivity index is 1.73. The molecular formula is C17H15Cl2N7O. The molecule has 0 unspecified atom stereocenters. The minimum Gasteiger partial charge on any atom is -0.393 e. The summed E-state index contributed by atoms with van der Waals surface area (Å²) >= 11 is 11.9. The van der Waals surface area contributed by atoms with Crippen molar-refractivity contribution in [2.24, 2.45) is 0 Å². The molecule has 3 rings (SSSR count). The molecule has 138 valence electrons. The summed E-state index contributed by atoms with van der Waals surface area (Å²) in [6.07, 6.45) is 2.97. The van der Waals surface area contributed by atoms with Gasteiger partial charge in [-0.25, -0.2) is 15.0 Å². The van der Waals surface area contributed by atoms with Gasteiger partial charge in [0.25, 0.3) is 5.91 Å². The van der Waals surface area contributed by atoms with Gasteiger partial charge >= 0.3 is 0 Å². The van der Waals surface area contributed by atoms with Crippen LogP contribution in [0.4, 0.5) is 23.1 Å². The van der Waals surface area contributed by atoms with E-state index in [1.54, 1.807) is 12.3 Å². The van der Waals surface area contributed by atoms with Crippen LogP contribution in [0, 0.1) is 6.92 Å². The Morgan fingerprint density at radius 2 is 1.85 bits per heavy atom. The number of carbonyl (C=O) groups excluding carboxylic acids is 1. The summed E-state index contributed by atoms with van der Waals surface area (Å²) in [6.45, 7) is 1.95. The highest BCUT2D eigenvalue weighted by atomic mass is 35.5. The second-order valence-corrected chi connectivity index (χ2v) is 6.37. The van der Waals surface area contributed by atoms with Crippen molar-refractivity contribution in [1.29, 1.82) is 0 Å². The largest absolute Gasteiger partial charge is 0.393 e. The number of pyridine rings is 1. The third kappa shape index (κ3) is 4.55. The van der Waals surface area contributed by atoms with E-state index < -0.39 is 5.91 Å². The molecule has 10 heteroatoms. The number of halogens is 2. The third-order valence-corrected chi connectivity index (χ3v) is 4.06. The van der Waals surface area contributed by atoms with Gasteiger partial charge in [0.2, 0.25) is 0 Å². The van der Waals surface area contributed by atoms with E-state index in [2.05, 4.69) is 31.1 Å². The molecule has 0 spiro atoms. The smallest absolute Gasteiger partial charge is 0.271 e. The van der Waals surface area contributed by atoms with E-state index in [9.17, 15) is 4.79 Å². The van der Waals surface area contributed by atoms with Gasteiger partial charge in [0.1, 0.15) is 17.8 Å². The van der Waals surface area contributed by atoms with Crippen molar-refractivity contribution in [2.45, 2.75) is 6.92 Å². The summed E-state index contributed by atoms with van der Waals surface area (Å²) in [5.74, 6) is 0.691. The first-order valence-corrected chi connectivity index (χ1v) is 8.51. The maximum atomic E-state index is 12.3. The highest BCUT2D eigenvalue weighted by Gasteiger charge is 2.13. The second kappa shape index (κ2) is 8.07. The Hall–Kier alpha value is -3.10. The number of aryl methyl sites for hydroxylation is 1. The van der Waals surface area contributed by atoms with Gasteiger partial charge in [0, 0.05) is 11.2 Å². The van der Waals surface area contributed by atoms with Crippen LogP contribution in [-0.2, 0) is 0 Å². The van der Waals surface area contributed by atoms with Crippen LogP contribution in [0.25, 0.3) is 0 Å². The molecule has 0 aliphatic heterocycles.